The standard InChI is InChI=1S/C18H28N4O2/c1-20-8-9-24-17(14-20)18(23)22-7-5-16(13-22)12-21(2)11-15-4-3-6-19-10-15/h3-4,6,10,16-17H,5,7-9,11-14H2,1-2H3/t16-,17+/m1/s1. The quantitative estimate of drug-likeness (QED) is 0.794. The van der Waals surface area contributed by atoms with Crippen LogP contribution in [0, 0.1) is 5.92 Å². The molecule has 2 aliphatic heterocycles. The first-order chi connectivity index (χ1) is 11.6. The van der Waals surface area contributed by atoms with Crippen LogP contribution in [0.4, 0.5) is 0 Å². The molecule has 0 saturated carbocycles. The monoisotopic (exact) mass is 332 g/mol. The molecule has 0 N–H and O–H groups in total. The van der Waals surface area contributed by atoms with Crippen molar-refractivity contribution in [3.05, 3.63) is 30.1 Å². The van der Waals surface area contributed by atoms with Gasteiger partial charge in [-0.05, 0) is 38.1 Å². The summed E-state index contributed by atoms with van der Waals surface area (Å²) in [5.41, 5.74) is 1.23. The highest BCUT2D eigenvalue weighted by Crippen LogP contribution is 2.20. The summed E-state index contributed by atoms with van der Waals surface area (Å²) >= 11 is 0. The Kier molecular flexibility index (Phi) is 5.81. The Balaban J connectivity index is 1.45. The predicted molar refractivity (Wildman–Crippen MR) is 92.5 cm³/mol. The van der Waals surface area contributed by atoms with Gasteiger partial charge in [-0.15, -0.1) is 0 Å². The summed E-state index contributed by atoms with van der Waals surface area (Å²) in [4.78, 5) is 23.3. The van der Waals surface area contributed by atoms with Crippen molar-refractivity contribution in [2.45, 2.75) is 19.1 Å². The van der Waals surface area contributed by atoms with Gasteiger partial charge in [0, 0.05) is 51.7 Å². The molecule has 0 radical (unpaired) electrons. The van der Waals surface area contributed by atoms with Crippen LogP contribution in [-0.2, 0) is 16.1 Å². The molecule has 6 heteroatoms. The maximum atomic E-state index is 12.6. The van der Waals surface area contributed by atoms with Gasteiger partial charge in [0.1, 0.15) is 6.10 Å². The lowest BCUT2D eigenvalue weighted by Crippen LogP contribution is -2.49. The zero-order chi connectivity index (χ0) is 16.9. The van der Waals surface area contributed by atoms with E-state index in [2.05, 4.69) is 27.9 Å². The summed E-state index contributed by atoms with van der Waals surface area (Å²) in [7, 11) is 4.18. The van der Waals surface area contributed by atoms with Gasteiger partial charge in [-0.2, -0.15) is 0 Å². The number of carbonyl (C=O) groups excluding carboxylic acids is 1. The van der Waals surface area contributed by atoms with E-state index < -0.39 is 0 Å². The van der Waals surface area contributed by atoms with Crippen molar-refractivity contribution in [3.63, 3.8) is 0 Å². The van der Waals surface area contributed by atoms with Crippen molar-refractivity contribution in [3.8, 4) is 0 Å². The number of ether oxygens (including phenoxy) is 1. The van der Waals surface area contributed by atoms with Gasteiger partial charge in [-0.3, -0.25) is 9.78 Å². The number of hydrogen-bond donors (Lipinski definition) is 0. The lowest BCUT2D eigenvalue weighted by molar-refractivity contribution is -0.147. The number of carbonyl (C=O) groups is 1. The number of hydrogen-bond acceptors (Lipinski definition) is 5. The smallest absolute Gasteiger partial charge is 0.253 e. The van der Waals surface area contributed by atoms with Gasteiger partial charge < -0.3 is 19.4 Å². The van der Waals surface area contributed by atoms with E-state index in [1.807, 2.05) is 24.2 Å². The first-order valence-electron chi connectivity index (χ1n) is 8.78. The van der Waals surface area contributed by atoms with Crippen molar-refractivity contribution >= 4 is 5.91 Å². The molecule has 0 unspecified atom stereocenters. The molecule has 6 nitrogen and oxygen atoms in total. The van der Waals surface area contributed by atoms with E-state index in [0.717, 1.165) is 39.1 Å². The summed E-state index contributed by atoms with van der Waals surface area (Å²) in [6.45, 7) is 5.87. The third-order valence-corrected chi connectivity index (χ3v) is 4.89. The second-order valence-electron chi connectivity index (χ2n) is 7.12. The maximum absolute atomic E-state index is 12.6. The van der Waals surface area contributed by atoms with Gasteiger partial charge >= 0.3 is 0 Å². The number of nitrogens with zero attached hydrogens (tertiary/aromatic N) is 4. The lowest BCUT2D eigenvalue weighted by atomic mass is 10.1. The molecule has 3 heterocycles. The highest BCUT2D eigenvalue weighted by molar-refractivity contribution is 5.81. The molecule has 0 spiro atoms. The number of likely N-dealkylation sites (tertiary alicyclic amines) is 1. The van der Waals surface area contributed by atoms with Crippen LogP contribution in [0.1, 0.15) is 12.0 Å². The van der Waals surface area contributed by atoms with Gasteiger partial charge in [0.2, 0.25) is 0 Å². The molecule has 2 saturated heterocycles. The molecule has 3 rings (SSSR count). The largest absolute Gasteiger partial charge is 0.366 e. The van der Waals surface area contributed by atoms with Gasteiger partial charge in [0.05, 0.1) is 6.61 Å². The van der Waals surface area contributed by atoms with Gasteiger partial charge in [-0.1, -0.05) is 6.07 Å². The van der Waals surface area contributed by atoms with Gasteiger partial charge in [-0.25, -0.2) is 0 Å². The summed E-state index contributed by atoms with van der Waals surface area (Å²) in [5.74, 6) is 0.705. The van der Waals surface area contributed by atoms with E-state index in [9.17, 15) is 4.79 Å². The molecule has 1 amide bonds. The molecule has 1 aromatic rings. The number of aromatic nitrogens is 1. The summed E-state index contributed by atoms with van der Waals surface area (Å²) in [5, 5.41) is 0. The number of pyridine rings is 1. The summed E-state index contributed by atoms with van der Waals surface area (Å²) < 4.78 is 5.67. The minimum Gasteiger partial charge on any atom is -0.366 e. The average molecular weight is 332 g/mol. The summed E-state index contributed by atoms with van der Waals surface area (Å²) in [6.07, 6.45) is 4.51. The average Bonchev–Trinajstić information content (AvgIpc) is 3.03. The van der Waals surface area contributed by atoms with E-state index in [4.69, 9.17) is 4.74 Å². The van der Waals surface area contributed by atoms with Crippen LogP contribution >= 0.6 is 0 Å². The van der Waals surface area contributed by atoms with Crippen molar-refractivity contribution in [1.29, 1.82) is 0 Å². The van der Waals surface area contributed by atoms with Crippen molar-refractivity contribution in [2.75, 3.05) is 53.4 Å². The SMILES string of the molecule is CN(Cc1cccnc1)C[C@H]1CCN(C(=O)[C@@H]2CN(C)CCO2)C1. The highest BCUT2D eigenvalue weighted by Gasteiger charge is 2.33. The van der Waals surface area contributed by atoms with E-state index in [0.29, 0.717) is 19.1 Å². The molecule has 0 aliphatic carbocycles. The van der Waals surface area contributed by atoms with Crippen molar-refractivity contribution in [2.24, 2.45) is 5.92 Å². The molecule has 1 aromatic heterocycles. The molecule has 0 bridgehead atoms. The molecular formula is C18H28N4O2. The molecule has 0 aromatic carbocycles. The minimum absolute atomic E-state index is 0.166. The Labute approximate surface area is 144 Å². The molecule has 2 atom stereocenters. The highest BCUT2D eigenvalue weighted by atomic mass is 16.5. The second-order valence-corrected chi connectivity index (χ2v) is 7.12. The molecule has 2 fully saturated rings. The second kappa shape index (κ2) is 8.05. The van der Waals surface area contributed by atoms with E-state index in [1.54, 1.807) is 6.20 Å². The molecule has 2 aliphatic rings. The van der Waals surface area contributed by atoms with Crippen LogP contribution < -0.4 is 0 Å². The van der Waals surface area contributed by atoms with Crippen molar-refractivity contribution < 1.29 is 9.53 Å². The molecule has 132 valence electrons. The minimum atomic E-state index is -0.282. The number of likely N-dealkylation sites (N-methyl/N-ethyl adjacent to an activating group) is 1. The normalized spacial score (nSPS) is 25.4. The van der Waals surface area contributed by atoms with Crippen molar-refractivity contribution in [1.82, 2.24) is 19.7 Å². The topological polar surface area (TPSA) is 48.9 Å². The fourth-order valence-corrected chi connectivity index (χ4v) is 3.62. The number of morpholine rings is 1. The molecular weight excluding hydrogens is 304 g/mol. The Morgan fingerprint density at radius 3 is 3.04 bits per heavy atom. The zero-order valence-corrected chi connectivity index (χ0v) is 14.7. The maximum Gasteiger partial charge on any atom is 0.253 e. The third-order valence-electron chi connectivity index (χ3n) is 4.89. The fraction of sp³-hybridized carbons (Fsp3) is 0.667. The van der Waals surface area contributed by atoms with Crippen LogP contribution in [-0.4, -0.2) is 85.1 Å². The fourth-order valence-electron chi connectivity index (χ4n) is 3.62. The Hall–Kier alpha value is -1.50. The number of amides is 1. The Bertz CT molecular complexity index is 539. The Morgan fingerprint density at radius 1 is 1.42 bits per heavy atom. The van der Waals surface area contributed by atoms with Crippen LogP contribution in [0.5, 0.6) is 0 Å². The first-order valence-corrected chi connectivity index (χ1v) is 8.78. The van der Waals surface area contributed by atoms with E-state index >= 15 is 0 Å². The van der Waals surface area contributed by atoms with E-state index in [-0.39, 0.29) is 12.0 Å². The van der Waals surface area contributed by atoms with Gasteiger partial charge in [0.25, 0.3) is 5.91 Å². The first kappa shape index (κ1) is 17.3. The zero-order valence-electron chi connectivity index (χ0n) is 14.7. The molecule has 24 heavy (non-hydrogen) atoms. The predicted octanol–water partition coefficient (Wildman–Crippen LogP) is 0.693. The van der Waals surface area contributed by atoms with E-state index in [1.165, 1.54) is 5.56 Å². The van der Waals surface area contributed by atoms with Crippen LogP contribution in [0.25, 0.3) is 0 Å². The third kappa shape index (κ3) is 4.53. The van der Waals surface area contributed by atoms with Gasteiger partial charge in [0.15, 0.2) is 0 Å². The Morgan fingerprint density at radius 2 is 2.29 bits per heavy atom. The van der Waals surface area contributed by atoms with Crippen LogP contribution in [0.15, 0.2) is 24.5 Å². The number of rotatable bonds is 5. The lowest BCUT2D eigenvalue weighted by Gasteiger charge is -2.31. The van der Waals surface area contributed by atoms with Crippen LogP contribution in [0.2, 0.25) is 0 Å². The summed E-state index contributed by atoms with van der Waals surface area (Å²) in [6, 6.07) is 4.07. The van der Waals surface area contributed by atoms with Crippen LogP contribution in [0.3, 0.4) is 0 Å².